The average Bonchev–Trinajstić information content (AvgIpc) is 3.18. The van der Waals surface area contributed by atoms with Crippen LogP contribution in [0.4, 0.5) is 0 Å². The van der Waals surface area contributed by atoms with E-state index in [9.17, 15) is 4.79 Å². The molecule has 3 heterocycles. The zero-order chi connectivity index (χ0) is 18.4. The number of benzene rings is 1. The summed E-state index contributed by atoms with van der Waals surface area (Å²) < 4.78 is 1.91. The maximum atomic E-state index is 13.5. The minimum Gasteiger partial charge on any atom is -0.331 e. The number of carbonyl (C=O) groups excluding carboxylic acids is 1. The van der Waals surface area contributed by atoms with Crippen LogP contribution in [-0.4, -0.2) is 32.1 Å². The Bertz CT molecular complexity index is 1000. The summed E-state index contributed by atoms with van der Waals surface area (Å²) in [4.78, 5) is 20.1. The lowest BCUT2D eigenvalue weighted by molar-refractivity contribution is 0.0737. The highest BCUT2D eigenvalue weighted by atomic mass is 16.2. The lowest BCUT2D eigenvalue weighted by Gasteiger charge is -2.26. The van der Waals surface area contributed by atoms with Crippen LogP contribution < -0.4 is 0 Å². The van der Waals surface area contributed by atoms with E-state index >= 15 is 0 Å². The maximum Gasteiger partial charge on any atom is 0.255 e. The van der Waals surface area contributed by atoms with Gasteiger partial charge >= 0.3 is 0 Å². The van der Waals surface area contributed by atoms with Crippen LogP contribution in [0, 0.1) is 20.8 Å². The van der Waals surface area contributed by atoms with Crippen LogP contribution in [0.2, 0.25) is 0 Å². The molecule has 1 atom stereocenters. The van der Waals surface area contributed by atoms with Crippen molar-refractivity contribution in [2.75, 3.05) is 6.54 Å². The van der Waals surface area contributed by atoms with E-state index in [1.54, 1.807) is 0 Å². The van der Waals surface area contributed by atoms with Gasteiger partial charge in [-0.1, -0.05) is 18.2 Å². The largest absolute Gasteiger partial charge is 0.331 e. The van der Waals surface area contributed by atoms with Crippen molar-refractivity contribution < 1.29 is 4.79 Å². The van der Waals surface area contributed by atoms with Crippen molar-refractivity contribution in [1.29, 1.82) is 0 Å². The molecule has 0 spiro atoms. The second-order valence-corrected chi connectivity index (χ2v) is 7.19. The molecule has 2 aromatic heterocycles. The first-order valence-corrected chi connectivity index (χ1v) is 9.15. The Morgan fingerprint density at radius 3 is 2.69 bits per heavy atom. The Labute approximate surface area is 153 Å². The van der Waals surface area contributed by atoms with Crippen LogP contribution in [-0.2, 0) is 7.05 Å². The van der Waals surface area contributed by atoms with Crippen LogP contribution in [0.5, 0.6) is 0 Å². The molecule has 5 nitrogen and oxygen atoms in total. The zero-order valence-electron chi connectivity index (χ0n) is 15.8. The fourth-order valence-corrected chi connectivity index (χ4v) is 4.22. The van der Waals surface area contributed by atoms with Crippen molar-refractivity contribution in [3.05, 3.63) is 58.5 Å². The third kappa shape index (κ3) is 2.59. The minimum atomic E-state index is 0.0943. The van der Waals surface area contributed by atoms with Gasteiger partial charge in [0.2, 0.25) is 0 Å². The topological polar surface area (TPSA) is 51.0 Å². The third-order valence-electron chi connectivity index (χ3n) is 5.49. The smallest absolute Gasteiger partial charge is 0.255 e. The molecule has 1 aromatic carbocycles. The van der Waals surface area contributed by atoms with E-state index in [4.69, 9.17) is 0 Å². The summed E-state index contributed by atoms with van der Waals surface area (Å²) in [7, 11) is 1.96. The Balaban J connectivity index is 1.79. The molecule has 1 saturated heterocycles. The van der Waals surface area contributed by atoms with Gasteiger partial charge in [0.05, 0.1) is 22.8 Å². The predicted octanol–water partition coefficient (Wildman–Crippen LogP) is 3.87. The summed E-state index contributed by atoms with van der Waals surface area (Å²) >= 11 is 0. The third-order valence-corrected chi connectivity index (χ3v) is 5.49. The Morgan fingerprint density at radius 2 is 1.96 bits per heavy atom. The van der Waals surface area contributed by atoms with Gasteiger partial charge in [0.25, 0.3) is 5.91 Å². The molecule has 3 aromatic rings. The highest BCUT2D eigenvalue weighted by Crippen LogP contribution is 2.37. The second-order valence-electron chi connectivity index (χ2n) is 7.19. The maximum absolute atomic E-state index is 13.5. The lowest BCUT2D eigenvalue weighted by atomic mass is 10.0. The normalized spacial score (nSPS) is 17.2. The quantitative estimate of drug-likeness (QED) is 0.706. The summed E-state index contributed by atoms with van der Waals surface area (Å²) in [6, 6.07) is 9.90. The molecule has 5 heteroatoms. The van der Waals surface area contributed by atoms with E-state index in [0.717, 1.165) is 52.9 Å². The van der Waals surface area contributed by atoms with Crippen molar-refractivity contribution in [2.45, 2.75) is 39.7 Å². The first-order valence-electron chi connectivity index (χ1n) is 9.15. The fraction of sp³-hybridized carbons (Fsp3) is 0.381. The van der Waals surface area contributed by atoms with Crippen LogP contribution in [0.25, 0.3) is 10.9 Å². The standard InChI is InChI=1S/C21H24N4O/c1-13-12-17(16-8-5-6-9-18(16)22-13)21(26)25-11-7-10-19(25)20-14(2)23-24(4)15(20)3/h5-6,8-9,12,19H,7,10-11H2,1-4H3. The molecular formula is C21H24N4O. The minimum absolute atomic E-state index is 0.0943. The van der Waals surface area contributed by atoms with E-state index in [1.807, 2.05) is 60.8 Å². The number of carbonyl (C=O) groups is 1. The molecule has 1 fully saturated rings. The highest BCUT2D eigenvalue weighted by molar-refractivity contribution is 6.06. The van der Waals surface area contributed by atoms with Crippen molar-refractivity contribution in [3.63, 3.8) is 0 Å². The van der Waals surface area contributed by atoms with Gasteiger partial charge in [-0.3, -0.25) is 14.5 Å². The summed E-state index contributed by atoms with van der Waals surface area (Å²) in [6.45, 7) is 6.85. The van der Waals surface area contributed by atoms with Crippen LogP contribution >= 0.6 is 0 Å². The average molecular weight is 348 g/mol. The summed E-state index contributed by atoms with van der Waals surface area (Å²) in [5.74, 6) is 0.0943. The van der Waals surface area contributed by atoms with Gasteiger partial charge in [0.1, 0.15) is 0 Å². The summed E-state index contributed by atoms with van der Waals surface area (Å²) in [5.41, 5.74) is 5.86. The number of hydrogen-bond acceptors (Lipinski definition) is 3. The molecule has 1 amide bonds. The number of pyridine rings is 1. The number of aryl methyl sites for hydroxylation is 3. The zero-order valence-corrected chi connectivity index (χ0v) is 15.8. The molecule has 0 bridgehead atoms. The van der Waals surface area contributed by atoms with Gasteiger partial charge in [-0.25, -0.2) is 0 Å². The van der Waals surface area contributed by atoms with E-state index < -0.39 is 0 Å². The molecule has 0 N–H and O–H groups in total. The van der Waals surface area contributed by atoms with Crippen LogP contribution in [0.15, 0.2) is 30.3 Å². The number of fused-ring (bicyclic) bond motifs is 1. The number of para-hydroxylation sites is 1. The van der Waals surface area contributed by atoms with Crippen molar-refractivity contribution in [2.24, 2.45) is 7.05 Å². The Kier molecular flexibility index (Phi) is 4.02. The molecule has 134 valence electrons. The van der Waals surface area contributed by atoms with E-state index in [-0.39, 0.29) is 11.9 Å². The van der Waals surface area contributed by atoms with Gasteiger partial charge in [0, 0.05) is 35.9 Å². The fourth-order valence-electron chi connectivity index (χ4n) is 4.22. The number of likely N-dealkylation sites (tertiary alicyclic amines) is 1. The van der Waals surface area contributed by atoms with Gasteiger partial charge in [0.15, 0.2) is 0 Å². The van der Waals surface area contributed by atoms with Gasteiger partial charge in [-0.05, 0) is 45.7 Å². The van der Waals surface area contributed by atoms with E-state index in [1.165, 1.54) is 5.56 Å². The van der Waals surface area contributed by atoms with Gasteiger partial charge < -0.3 is 4.90 Å². The van der Waals surface area contributed by atoms with Crippen molar-refractivity contribution >= 4 is 16.8 Å². The van der Waals surface area contributed by atoms with Crippen molar-refractivity contribution in [1.82, 2.24) is 19.7 Å². The number of rotatable bonds is 2. The summed E-state index contributed by atoms with van der Waals surface area (Å²) in [6.07, 6.45) is 2.01. The summed E-state index contributed by atoms with van der Waals surface area (Å²) in [5, 5.41) is 5.48. The second kappa shape index (κ2) is 6.24. The molecule has 0 saturated carbocycles. The molecule has 1 aliphatic heterocycles. The molecule has 1 unspecified atom stereocenters. The van der Waals surface area contributed by atoms with E-state index in [0.29, 0.717) is 0 Å². The number of hydrogen-bond donors (Lipinski definition) is 0. The SMILES string of the molecule is Cc1cc(C(=O)N2CCCC2c2c(C)nn(C)c2C)c2ccccc2n1. The molecular weight excluding hydrogens is 324 g/mol. The van der Waals surface area contributed by atoms with Gasteiger partial charge in [-0.2, -0.15) is 5.10 Å². The van der Waals surface area contributed by atoms with Crippen molar-refractivity contribution in [3.8, 4) is 0 Å². The number of amides is 1. The Morgan fingerprint density at radius 1 is 1.19 bits per heavy atom. The predicted molar refractivity (Wildman–Crippen MR) is 102 cm³/mol. The molecule has 26 heavy (non-hydrogen) atoms. The molecule has 1 aliphatic rings. The number of aromatic nitrogens is 3. The Hall–Kier alpha value is -2.69. The highest BCUT2D eigenvalue weighted by Gasteiger charge is 2.34. The van der Waals surface area contributed by atoms with Crippen LogP contribution in [0.3, 0.4) is 0 Å². The van der Waals surface area contributed by atoms with Crippen LogP contribution in [0.1, 0.15) is 51.9 Å². The monoisotopic (exact) mass is 348 g/mol. The molecule has 4 rings (SSSR count). The first-order chi connectivity index (χ1) is 12.5. The lowest BCUT2D eigenvalue weighted by Crippen LogP contribution is -2.31. The first kappa shape index (κ1) is 16.8. The van der Waals surface area contributed by atoms with E-state index in [2.05, 4.69) is 17.0 Å². The van der Waals surface area contributed by atoms with Gasteiger partial charge in [-0.15, -0.1) is 0 Å². The number of nitrogens with zero attached hydrogens (tertiary/aromatic N) is 4. The molecule has 0 radical (unpaired) electrons. The molecule has 0 aliphatic carbocycles.